The molecule has 1 aliphatic heterocycles. The lowest BCUT2D eigenvalue weighted by molar-refractivity contribution is -0.125. The summed E-state index contributed by atoms with van der Waals surface area (Å²) < 4.78 is 11.0. The number of anilines is 2. The van der Waals surface area contributed by atoms with Crippen molar-refractivity contribution < 1.29 is 19.1 Å². The summed E-state index contributed by atoms with van der Waals surface area (Å²) in [5, 5.41) is 2.75. The number of ether oxygens (including phenoxy) is 2. The highest BCUT2D eigenvalue weighted by Gasteiger charge is 2.29. The Hall–Kier alpha value is -3.02. The van der Waals surface area contributed by atoms with Gasteiger partial charge in [0.15, 0.2) is 12.7 Å². The number of benzene rings is 2. The van der Waals surface area contributed by atoms with E-state index in [2.05, 4.69) is 5.32 Å². The third kappa shape index (κ3) is 3.32. The molecule has 2 amide bonds. The zero-order valence-electron chi connectivity index (χ0n) is 13.5. The van der Waals surface area contributed by atoms with Gasteiger partial charge in [0, 0.05) is 12.7 Å². The monoisotopic (exact) mass is 326 g/mol. The molecule has 0 unspecified atom stereocenters. The van der Waals surface area contributed by atoms with E-state index in [1.54, 1.807) is 44.3 Å². The molecule has 2 aromatic rings. The predicted octanol–water partition coefficient (Wildman–Crippen LogP) is 2.45. The lowest BCUT2D eigenvalue weighted by atomic mass is 10.2. The van der Waals surface area contributed by atoms with Crippen LogP contribution in [-0.2, 0) is 9.59 Å². The maximum atomic E-state index is 12.0. The fourth-order valence-corrected chi connectivity index (χ4v) is 2.45. The Kier molecular flexibility index (Phi) is 4.37. The zero-order chi connectivity index (χ0) is 17.1. The van der Waals surface area contributed by atoms with E-state index in [0.29, 0.717) is 22.9 Å². The quantitative estimate of drug-likeness (QED) is 0.937. The second-order valence-corrected chi connectivity index (χ2v) is 5.49. The molecular formula is C18H18N2O4. The number of amides is 2. The number of para-hydroxylation sites is 1. The highest BCUT2D eigenvalue weighted by Crippen LogP contribution is 2.35. The van der Waals surface area contributed by atoms with Crippen molar-refractivity contribution in [1.82, 2.24) is 0 Å². The van der Waals surface area contributed by atoms with Crippen LogP contribution in [0.3, 0.4) is 0 Å². The van der Waals surface area contributed by atoms with E-state index in [1.165, 1.54) is 4.90 Å². The molecule has 0 aromatic heterocycles. The van der Waals surface area contributed by atoms with Gasteiger partial charge in [-0.25, -0.2) is 0 Å². The maximum Gasteiger partial charge on any atom is 0.267 e. The third-order valence-electron chi connectivity index (χ3n) is 3.70. The molecule has 0 spiro atoms. The highest BCUT2D eigenvalue weighted by atomic mass is 16.5. The largest absolute Gasteiger partial charge is 0.484 e. The average Bonchev–Trinajstić information content (AvgIpc) is 2.59. The summed E-state index contributed by atoms with van der Waals surface area (Å²) >= 11 is 0. The average molecular weight is 326 g/mol. The van der Waals surface area contributed by atoms with Gasteiger partial charge in [0.25, 0.3) is 11.8 Å². The van der Waals surface area contributed by atoms with Crippen LogP contribution >= 0.6 is 0 Å². The van der Waals surface area contributed by atoms with Gasteiger partial charge < -0.3 is 19.7 Å². The number of rotatable bonds is 4. The molecule has 0 radical (unpaired) electrons. The SMILES string of the molecule is C[C@H]1Oc2ccc(NC(=O)COc3ccccc3)cc2N(C)C1=O. The summed E-state index contributed by atoms with van der Waals surface area (Å²) in [6.45, 7) is 1.61. The summed E-state index contributed by atoms with van der Waals surface area (Å²) in [5.41, 5.74) is 1.20. The fraction of sp³-hybridized carbons (Fsp3) is 0.222. The van der Waals surface area contributed by atoms with Gasteiger partial charge in [-0.3, -0.25) is 9.59 Å². The van der Waals surface area contributed by atoms with E-state index in [0.717, 1.165) is 0 Å². The van der Waals surface area contributed by atoms with Crippen LogP contribution in [0, 0.1) is 0 Å². The molecule has 2 aromatic carbocycles. The molecule has 0 saturated heterocycles. The Morgan fingerprint density at radius 2 is 2.00 bits per heavy atom. The summed E-state index contributed by atoms with van der Waals surface area (Å²) in [5.74, 6) is 0.838. The molecule has 0 bridgehead atoms. The molecular weight excluding hydrogens is 308 g/mol. The van der Waals surface area contributed by atoms with Crippen molar-refractivity contribution in [2.45, 2.75) is 13.0 Å². The van der Waals surface area contributed by atoms with E-state index in [9.17, 15) is 9.59 Å². The van der Waals surface area contributed by atoms with Crippen LogP contribution in [0.1, 0.15) is 6.92 Å². The van der Waals surface area contributed by atoms with Gasteiger partial charge in [0.2, 0.25) is 0 Å². The lowest BCUT2D eigenvalue weighted by Crippen LogP contribution is -2.42. The third-order valence-corrected chi connectivity index (χ3v) is 3.70. The molecule has 1 atom stereocenters. The molecule has 0 fully saturated rings. The summed E-state index contributed by atoms with van der Waals surface area (Å²) in [6.07, 6.45) is -0.512. The second kappa shape index (κ2) is 6.62. The maximum absolute atomic E-state index is 12.0. The predicted molar refractivity (Wildman–Crippen MR) is 90.5 cm³/mol. The Balaban J connectivity index is 1.66. The summed E-state index contributed by atoms with van der Waals surface area (Å²) in [7, 11) is 1.68. The Morgan fingerprint density at radius 1 is 1.25 bits per heavy atom. The topological polar surface area (TPSA) is 67.9 Å². The summed E-state index contributed by atoms with van der Waals surface area (Å²) in [4.78, 5) is 25.5. The van der Waals surface area contributed by atoms with Crippen LogP contribution in [0.5, 0.6) is 11.5 Å². The molecule has 6 heteroatoms. The number of hydrogen-bond donors (Lipinski definition) is 1. The minimum Gasteiger partial charge on any atom is -0.484 e. The highest BCUT2D eigenvalue weighted by molar-refractivity contribution is 6.00. The van der Waals surface area contributed by atoms with Crippen molar-refractivity contribution in [3.63, 3.8) is 0 Å². The molecule has 6 nitrogen and oxygen atoms in total. The van der Waals surface area contributed by atoms with Gasteiger partial charge in [-0.05, 0) is 37.3 Å². The van der Waals surface area contributed by atoms with Gasteiger partial charge >= 0.3 is 0 Å². The first-order valence-corrected chi connectivity index (χ1v) is 7.60. The van der Waals surface area contributed by atoms with Crippen LogP contribution in [0.2, 0.25) is 0 Å². The van der Waals surface area contributed by atoms with Crippen LogP contribution in [0.25, 0.3) is 0 Å². The van der Waals surface area contributed by atoms with Crippen molar-refractivity contribution in [2.24, 2.45) is 0 Å². The number of carbonyl (C=O) groups excluding carboxylic acids is 2. The van der Waals surface area contributed by atoms with Gasteiger partial charge in [-0.2, -0.15) is 0 Å². The first-order valence-electron chi connectivity index (χ1n) is 7.60. The van der Waals surface area contributed by atoms with E-state index < -0.39 is 6.10 Å². The molecule has 24 heavy (non-hydrogen) atoms. The van der Waals surface area contributed by atoms with Gasteiger partial charge in [0.05, 0.1) is 5.69 Å². The molecule has 1 N–H and O–H groups in total. The van der Waals surface area contributed by atoms with Crippen LogP contribution in [0.15, 0.2) is 48.5 Å². The molecule has 1 aliphatic rings. The number of nitrogens with zero attached hydrogens (tertiary/aromatic N) is 1. The number of carbonyl (C=O) groups is 2. The van der Waals surface area contributed by atoms with Gasteiger partial charge in [-0.1, -0.05) is 18.2 Å². The number of nitrogens with one attached hydrogen (secondary N) is 1. The minimum absolute atomic E-state index is 0.0938. The van der Waals surface area contributed by atoms with Crippen molar-refractivity contribution in [2.75, 3.05) is 23.9 Å². The van der Waals surface area contributed by atoms with E-state index in [1.807, 2.05) is 18.2 Å². The van der Waals surface area contributed by atoms with Crippen molar-refractivity contribution in [1.29, 1.82) is 0 Å². The van der Waals surface area contributed by atoms with Crippen molar-refractivity contribution >= 4 is 23.2 Å². The fourth-order valence-electron chi connectivity index (χ4n) is 2.45. The molecule has 3 rings (SSSR count). The number of hydrogen-bond acceptors (Lipinski definition) is 4. The standard InChI is InChI=1S/C18H18N2O4/c1-12-18(22)20(2)15-10-13(8-9-16(15)24-12)19-17(21)11-23-14-6-4-3-5-7-14/h3-10,12H,11H2,1-2H3,(H,19,21)/t12-/m1/s1. The number of fused-ring (bicyclic) bond motifs is 1. The normalized spacial score (nSPS) is 16.2. The van der Waals surface area contributed by atoms with Crippen LogP contribution in [0.4, 0.5) is 11.4 Å². The smallest absolute Gasteiger partial charge is 0.267 e. The number of likely N-dealkylation sites (N-methyl/N-ethyl adjacent to an activating group) is 1. The Labute approximate surface area is 140 Å². The molecule has 1 heterocycles. The van der Waals surface area contributed by atoms with Crippen molar-refractivity contribution in [3.05, 3.63) is 48.5 Å². The lowest BCUT2D eigenvalue weighted by Gasteiger charge is -2.30. The molecule has 0 saturated carbocycles. The Bertz CT molecular complexity index is 761. The van der Waals surface area contributed by atoms with E-state index in [-0.39, 0.29) is 18.4 Å². The zero-order valence-corrected chi connectivity index (χ0v) is 13.5. The first kappa shape index (κ1) is 15.9. The Morgan fingerprint density at radius 3 is 2.75 bits per heavy atom. The van der Waals surface area contributed by atoms with Gasteiger partial charge in [0.1, 0.15) is 11.5 Å². The second-order valence-electron chi connectivity index (χ2n) is 5.49. The van der Waals surface area contributed by atoms with Crippen molar-refractivity contribution in [3.8, 4) is 11.5 Å². The van der Waals surface area contributed by atoms with Crippen LogP contribution in [-0.4, -0.2) is 31.6 Å². The van der Waals surface area contributed by atoms with Crippen LogP contribution < -0.4 is 19.7 Å². The van der Waals surface area contributed by atoms with E-state index >= 15 is 0 Å². The van der Waals surface area contributed by atoms with E-state index in [4.69, 9.17) is 9.47 Å². The summed E-state index contributed by atoms with van der Waals surface area (Å²) in [6, 6.07) is 14.3. The molecule has 0 aliphatic carbocycles. The molecule has 124 valence electrons. The first-order chi connectivity index (χ1) is 11.5. The minimum atomic E-state index is -0.512. The van der Waals surface area contributed by atoms with Gasteiger partial charge in [-0.15, -0.1) is 0 Å².